The van der Waals surface area contributed by atoms with Gasteiger partial charge in [-0.2, -0.15) is 13.5 Å². The molecule has 11 heteroatoms. The molecule has 2 unspecified atom stereocenters. The molecule has 1 aromatic heterocycles. The quantitative estimate of drug-likeness (QED) is 0.768. The van der Waals surface area contributed by atoms with Crippen LogP contribution in [0.5, 0.6) is 0 Å². The molecule has 0 aliphatic carbocycles. The molecule has 1 aromatic carbocycles. The van der Waals surface area contributed by atoms with Crippen molar-refractivity contribution in [3.8, 4) is 11.3 Å². The lowest BCUT2D eigenvalue weighted by molar-refractivity contribution is -0.0317. The lowest BCUT2D eigenvalue weighted by atomic mass is 10.0. The van der Waals surface area contributed by atoms with Gasteiger partial charge in [-0.25, -0.2) is 9.48 Å². The van der Waals surface area contributed by atoms with Crippen molar-refractivity contribution in [2.45, 2.75) is 31.5 Å². The highest BCUT2D eigenvalue weighted by Crippen LogP contribution is 2.31. The van der Waals surface area contributed by atoms with E-state index in [-0.39, 0.29) is 6.04 Å². The van der Waals surface area contributed by atoms with Gasteiger partial charge < -0.3 is 4.90 Å². The molecule has 0 spiro atoms. The summed E-state index contributed by atoms with van der Waals surface area (Å²) in [6.45, 7) is 0.789. The van der Waals surface area contributed by atoms with Crippen molar-refractivity contribution in [1.82, 2.24) is 25.0 Å². The number of hydroxylamine groups is 2. The number of rotatable bonds is 5. The topological polar surface area (TPSA) is 118 Å². The number of hydrogen-bond acceptors (Lipinski definition) is 6. The van der Waals surface area contributed by atoms with Gasteiger partial charge in [-0.05, 0) is 12.8 Å². The fraction of sp³-hybridized carbons (Fsp3) is 0.400. The van der Waals surface area contributed by atoms with Crippen LogP contribution in [0.4, 0.5) is 4.79 Å². The zero-order valence-corrected chi connectivity index (χ0v) is 14.5. The molecule has 2 aliphatic rings. The van der Waals surface area contributed by atoms with E-state index in [0.29, 0.717) is 25.9 Å². The smallest absolute Gasteiger partial charge is 0.316 e. The molecule has 0 radical (unpaired) electrons. The van der Waals surface area contributed by atoms with E-state index < -0.39 is 22.5 Å². The summed E-state index contributed by atoms with van der Waals surface area (Å²) in [5.74, 6) is 0. The minimum atomic E-state index is -4.73. The minimum absolute atomic E-state index is 0.154. The Morgan fingerprint density at radius 3 is 2.73 bits per heavy atom. The van der Waals surface area contributed by atoms with Crippen molar-refractivity contribution in [2.75, 3.05) is 6.54 Å². The second-order valence-corrected chi connectivity index (χ2v) is 7.34. The standard InChI is InChI=1S/C15H17N5O5S/c21-15-19-9-13(20(15)25-26(22,23)24)7-6-12(19)8-18-10-14(16-17-18)11-4-2-1-3-5-11/h1-5,10,12-13H,6-9H2,(H,22,23,24). The molecule has 2 aromatic rings. The van der Waals surface area contributed by atoms with Gasteiger partial charge in [0.15, 0.2) is 0 Å². The van der Waals surface area contributed by atoms with Crippen LogP contribution in [0, 0.1) is 0 Å². The number of amides is 2. The number of carbonyl (C=O) groups excluding carboxylic acids is 1. The van der Waals surface area contributed by atoms with Gasteiger partial charge in [-0.1, -0.05) is 35.5 Å². The van der Waals surface area contributed by atoms with E-state index >= 15 is 0 Å². The summed E-state index contributed by atoms with van der Waals surface area (Å²) in [6.07, 6.45) is 3.05. The first-order valence-electron chi connectivity index (χ1n) is 8.13. The van der Waals surface area contributed by atoms with Crippen molar-refractivity contribution in [2.24, 2.45) is 0 Å². The summed E-state index contributed by atoms with van der Waals surface area (Å²) in [5, 5.41) is 9.02. The van der Waals surface area contributed by atoms with Crippen LogP contribution in [0.2, 0.25) is 0 Å². The number of fused-ring (bicyclic) bond motifs is 2. The van der Waals surface area contributed by atoms with E-state index in [2.05, 4.69) is 14.6 Å². The molecule has 138 valence electrons. The normalized spacial score (nSPS) is 22.9. The molecule has 10 nitrogen and oxygen atoms in total. The highest BCUT2D eigenvalue weighted by Gasteiger charge is 2.47. The molecule has 4 rings (SSSR count). The highest BCUT2D eigenvalue weighted by atomic mass is 32.3. The predicted molar refractivity (Wildman–Crippen MR) is 88.8 cm³/mol. The van der Waals surface area contributed by atoms with E-state index in [1.54, 1.807) is 9.58 Å². The monoisotopic (exact) mass is 379 g/mol. The molecule has 2 fully saturated rings. The lowest BCUT2D eigenvalue weighted by Gasteiger charge is -2.29. The first kappa shape index (κ1) is 16.9. The van der Waals surface area contributed by atoms with Gasteiger partial charge in [0.25, 0.3) is 0 Å². The Kier molecular flexibility index (Phi) is 4.13. The van der Waals surface area contributed by atoms with Gasteiger partial charge in [0, 0.05) is 12.1 Å². The largest absolute Gasteiger partial charge is 0.418 e. The average Bonchev–Trinajstić information content (AvgIpc) is 3.16. The van der Waals surface area contributed by atoms with Gasteiger partial charge in [-0.15, -0.1) is 9.38 Å². The molecular formula is C15H17N5O5S. The number of nitrogens with zero attached hydrogens (tertiary/aromatic N) is 5. The second kappa shape index (κ2) is 6.34. The molecule has 0 saturated carbocycles. The summed E-state index contributed by atoms with van der Waals surface area (Å²) < 4.78 is 36.8. The zero-order valence-electron chi connectivity index (χ0n) is 13.7. The molecule has 2 aliphatic heterocycles. The Balaban J connectivity index is 1.47. The van der Waals surface area contributed by atoms with Gasteiger partial charge in [0.05, 0.1) is 24.8 Å². The van der Waals surface area contributed by atoms with Crippen LogP contribution < -0.4 is 0 Å². The maximum Gasteiger partial charge on any atom is 0.418 e. The van der Waals surface area contributed by atoms with E-state index in [1.807, 2.05) is 36.5 Å². The maximum atomic E-state index is 12.4. The van der Waals surface area contributed by atoms with Crippen LogP contribution in [0.1, 0.15) is 12.8 Å². The molecule has 2 saturated heterocycles. The summed E-state index contributed by atoms with van der Waals surface area (Å²) in [5.41, 5.74) is 1.69. The third-order valence-corrected chi connectivity index (χ3v) is 4.98. The van der Waals surface area contributed by atoms with Crippen LogP contribution in [0.15, 0.2) is 36.5 Å². The Hall–Kier alpha value is -2.50. The lowest BCUT2D eigenvalue weighted by Crippen LogP contribution is -2.42. The number of piperidine rings is 1. The van der Waals surface area contributed by atoms with Crippen LogP contribution in [0.3, 0.4) is 0 Å². The zero-order chi connectivity index (χ0) is 18.3. The molecule has 1 N–H and O–H groups in total. The molecule has 2 atom stereocenters. The van der Waals surface area contributed by atoms with E-state index in [9.17, 15) is 13.2 Å². The first-order valence-corrected chi connectivity index (χ1v) is 9.49. The summed E-state index contributed by atoms with van der Waals surface area (Å²) in [7, 11) is -4.73. The Morgan fingerprint density at radius 2 is 2.00 bits per heavy atom. The number of urea groups is 1. The molecule has 26 heavy (non-hydrogen) atoms. The minimum Gasteiger partial charge on any atom is -0.316 e. The fourth-order valence-electron chi connectivity index (χ4n) is 3.45. The van der Waals surface area contributed by atoms with E-state index in [0.717, 1.165) is 16.3 Å². The summed E-state index contributed by atoms with van der Waals surface area (Å²) in [4.78, 5) is 13.9. The Morgan fingerprint density at radius 1 is 1.23 bits per heavy atom. The Labute approximate surface area is 149 Å². The molecule has 2 amide bonds. The van der Waals surface area contributed by atoms with E-state index in [4.69, 9.17) is 4.55 Å². The van der Waals surface area contributed by atoms with Crippen molar-refractivity contribution in [1.29, 1.82) is 0 Å². The van der Waals surface area contributed by atoms with Gasteiger partial charge in [-0.3, -0.25) is 4.55 Å². The molecule has 2 bridgehead atoms. The number of benzene rings is 1. The van der Waals surface area contributed by atoms with Crippen LogP contribution in [-0.2, 0) is 21.2 Å². The van der Waals surface area contributed by atoms with Crippen molar-refractivity contribution in [3.63, 3.8) is 0 Å². The molecule has 3 heterocycles. The summed E-state index contributed by atoms with van der Waals surface area (Å²) >= 11 is 0. The third-order valence-electron chi connectivity index (χ3n) is 4.63. The number of aromatic nitrogens is 3. The third kappa shape index (κ3) is 3.28. The van der Waals surface area contributed by atoms with Gasteiger partial charge in [0.1, 0.15) is 5.69 Å². The molecular weight excluding hydrogens is 362 g/mol. The maximum absolute atomic E-state index is 12.4. The van der Waals surface area contributed by atoms with E-state index in [1.165, 1.54) is 0 Å². The SMILES string of the molecule is O=C1N2CC(CCC2Cn2cc(-c3ccccc3)nn2)N1OS(=O)(=O)O. The van der Waals surface area contributed by atoms with Crippen LogP contribution in [-0.4, -0.2) is 62.6 Å². The predicted octanol–water partition coefficient (Wildman–Crippen LogP) is 0.948. The number of carbonyl (C=O) groups is 1. The van der Waals surface area contributed by atoms with Gasteiger partial charge in [0.2, 0.25) is 0 Å². The second-order valence-electron chi connectivity index (χ2n) is 6.34. The van der Waals surface area contributed by atoms with Gasteiger partial charge >= 0.3 is 16.4 Å². The van der Waals surface area contributed by atoms with Crippen molar-refractivity contribution >= 4 is 16.4 Å². The first-order chi connectivity index (χ1) is 12.4. The number of hydrogen-bond donors (Lipinski definition) is 1. The van der Waals surface area contributed by atoms with Crippen molar-refractivity contribution < 1.29 is 22.0 Å². The average molecular weight is 379 g/mol. The van der Waals surface area contributed by atoms with Crippen molar-refractivity contribution in [3.05, 3.63) is 36.5 Å². The van der Waals surface area contributed by atoms with Crippen LogP contribution in [0.25, 0.3) is 11.3 Å². The fourth-order valence-corrected chi connectivity index (χ4v) is 3.83. The highest BCUT2D eigenvalue weighted by molar-refractivity contribution is 7.80. The Bertz CT molecular complexity index is 916. The summed E-state index contributed by atoms with van der Waals surface area (Å²) in [6, 6.07) is 8.52. The van der Waals surface area contributed by atoms with Crippen LogP contribution >= 0.6 is 0 Å².